The molecule has 0 spiro atoms. The highest BCUT2D eigenvalue weighted by Crippen LogP contribution is 2.44. The van der Waals surface area contributed by atoms with Gasteiger partial charge in [-0.15, -0.1) is 0 Å². The minimum Gasteiger partial charge on any atom is -0.287 e. The Morgan fingerprint density at radius 2 is 1.89 bits per heavy atom. The lowest BCUT2D eigenvalue weighted by atomic mass is 9.97. The lowest BCUT2D eigenvalue weighted by molar-refractivity contribution is 0.138. The number of benzene rings is 1. The van der Waals surface area contributed by atoms with Crippen LogP contribution in [0.3, 0.4) is 0 Å². The molecule has 0 bridgehead atoms. The molecule has 1 aromatic carbocycles. The summed E-state index contributed by atoms with van der Waals surface area (Å²) in [6, 6.07) is 11.4. The molecule has 1 saturated carbocycles. The standard InChI is InChI=1S/C18H23N/c1-2-7-15(8-3-1)19(16-11-12-16)18-13-10-14-6-4-5-9-17(14)18/h2,4-7,9,15-16,18H,1,3,8,10-13H2. The van der Waals surface area contributed by atoms with Crippen molar-refractivity contribution < 1.29 is 0 Å². The number of hydrogen-bond donors (Lipinski definition) is 0. The Labute approximate surface area is 116 Å². The molecule has 0 N–H and O–H groups in total. The molecule has 1 nitrogen and oxygen atoms in total. The van der Waals surface area contributed by atoms with Gasteiger partial charge in [-0.2, -0.15) is 0 Å². The van der Waals surface area contributed by atoms with Crippen LogP contribution >= 0.6 is 0 Å². The van der Waals surface area contributed by atoms with Gasteiger partial charge >= 0.3 is 0 Å². The minimum atomic E-state index is 0.691. The van der Waals surface area contributed by atoms with Gasteiger partial charge in [0.05, 0.1) is 0 Å². The highest BCUT2D eigenvalue weighted by molar-refractivity contribution is 5.35. The molecule has 4 rings (SSSR count). The molecule has 0 radical (unpaired) electrons. The maximum Gasteiger partial charge on any atom is 0.0362 e. The molecule has 3 aliphatic carbocycles. The van der Waals surface area contributed by atoms with Crippen LogP contribution in [0.2, 0.25) is 0 Å². The van der Waals surface area contributed by atoms with Crippen molar-refractivity contribution in [3.63, 3.8) is 0 Å². The lowest BCUT2D eigenvalue weighted by Gasteiger charge is -2.37. The van der Waals surface area contributed by atoms with E-state index in [-0.39, 0.29) is 0 Å². The van der Waals surface area contributed by atoms with Crippen molar-refractivity contribution in [3.05, 3.63) is 47.5 Å². The number of aryl methyl sites for hydroxylation is 1. The fourth-order valence-electron chi connectivity index (χ4n) is 4.02. The first-order chi connectivity index (χ1) is 9.43. The van der Waals surface area contributed by atoms with Gasteiger partial charge in [-0.25, -0.2) is 0 Å². The normalized spacial score (nSPS) is 29.7. The van der Waals surface area contributed by atoms with E-state index in [9.17, 15) is 0 Å². The third kappa shape index (κ3) is 2.14. The Morgan fingerprint density at radius 1 is 1.00 bits per heavy atom. The van der Waals surface area contributed by atoms with E-state index >= 15 is 0 Å². The molecule has 1 heteroatoms. The first-order valence-electron chi connectivity index (χ1n) is 7.95. The fourth-order valence-corrected chi connectivity index (χ4v) is 4.02. The Hall–Kier alpha value is -1.08. The van der Waals surface area contributed by atoms with E-state index < -0.39 is 0 Å². The molecule has 0 aliphatic heterocycles. The van der Waals surface area contributed by atoms with E-state index in [1.54, 1.807) is 11.1 Å². The number of allylic oxidation sites excluding steroid dienone is 1. The highest BCUT2D eigenvalue weighted by Gasteiger charge is 2.40. The first-order valence-corrected chi connectivity index (χ1v) is 7.95. The lowest BCUT2D eigenvalue weighted by Crippen LogP contribution is -2.39. The monoisotopic (exact) mass is 253 g/mol. The third-order valence-electron chi connectivity index (χ3n) is 5.04. The topological polar surface area (TPSA) is 3.24 Å². The van der Waals surface area contributed by atoms with Crippen molar-refractivity contribution in [2.45, 2.75) is 63.1 Å². The van der Waals surface area contributed by atoms with Crippen molar-refractivity contribution in [2.24, 2.45) is 0 Å². The summed E-state index contributed by atoms with van der Waals surface area (Å²) in [6.07, 6.45) is 14.4. The van der Waals surface area contributed by atoms with Gasteiger partial charge in [0.1, 0.15) is 0 Å². The summed E-state index contributed by atoms with van der Waals surface area (Å²) < 4.78 is 0. The van der Waals surface area contributed by atoms with E-state index in [4.69, 9.17) is 0 Å². The SMILES string of the molecule is C1=CC(N(C2CC2)C2CCc3ccccc32)CCC1. The van der Waals surface area contributed by atoms with Crippen molar-refractivity contribution in [3.8, 4) is 0 Å². The molecule has 0 heterocycles. The van der Waals surface area contributed by atoms with Gasteiger partial charge in [0.2, 0.25) is 0 Å². The molecule has 19 heavy (non-hydrogen) atoms. The van der Waals surface area contributed by atoms with E-state index in [1.165, 1.54) is 44.9 Å². The second-order valence-electron chi connectivity index (χ2n) is 6.36. The maximum atomic E-state index is 2.86. The van der Waals surface area contributed by atoms with Crippen LogP contribution in [-0.4, -0.2) is 17.0 Å². The first kappa shape index (κ1) is 11.7. The number of nitrogens with zero attached hydrogens (tertiary/aromatic N) is 1. The Kier molecular flexibility index (Phi) is 2.96. The van der Waals surface area contributed by atoms with Gasteiger partial charge < -0.3 is 0 Å². The number of hydrogen-bond acceptors (Lipinski definition) is 1. The molecule has 0 amide bonds. The average molecular weight is 253 g/mol. The van der Waals surface area contributed by atoms with Crippen LogP contribution in [0.4, 0.5) is 0 Å². The van der Waals surface area contributed by atoms with Crippen LogP contribution in [-0.2, 0) is 6.42 Å². The molecule has 1 aromatic rings. The average Bonchev–Trinajstić information content (AvgIpc) is 3.21. The highest BCUT2D eigenvalue weighted by atomic mass is 15.2. The summed E-state index contributed by atoms with van der Waals surface area (Å²) in [5, 5.41) is 0. The van der Waals surface area contributed by atoms with Gasteiger partial charge in [-0.3, -0.25) is 4.90 Å². The number of fused-ring (bicyclic) bond motifs is 1. The van der Waals surface area contributed by atoms with Crippen LogP contribution in [0.15, 0.2) is 36.4 Å². The van der Waals surface area contributed by atoms with Crippen LogP contribution in [0.1, 0.15) is 55.7 Å². The van der Waals surface area contributed by atoms with Gasteiger partial charge in [-0.05, 0) is 56.1 Å². The smallest absolute Gasteiger partial charge is 0.0362 e. The summed E-state index contributed by atoms with van der Waals surface area (Å²) >= 11 is 0. The summed E-state index contributed by atoms with van der Waals surface area (Å²) in [5.74, 6) is 0. The Morgan fingerprint density at radius 3 is 2.68 bits per heavy atom. The summed E-state index contributed by atoms with van der Waals surface area (Å²) in [7, 11) is 0. The van der Waals surface area contributed by atoms with Crippen LogP contribution < -0.4 is 0 Å². The minimum absolute atomic E-state index is 0.691. The Bertz CT molecular complexity index is 486. The molecular formula is C18H23N. The largest absolute Gasteiger partial charge is 0.287 e. The molecule has 0 saturated heterocycles. The van der Waals surface area contributed by atoms with Gasteiger partial charge in [0.25, 0.3) is 0 Å². The fraction of sp³-hybridized carbons (Fsp3) is 0.556. The van der Waals surface area contributed by atoms with E-state index in [1.807, 2.05) is 0 Å². The Balaban J connectivity index is 1.65. The van der Waals surface area contributed by atoms with Crippen molar-refractivity contribution in [1.82, 2.24) is 4.90 Å². The summed E-state index contributed by atoms with van der Waals surface area (Å²) in [6.45, 7) is 0. The van der Waals surface area contributed by atoms with Crippen LogP contribution in [0, 0.1) is 0 Å². The summed E-state index contributed by atoms with van der Waals surface area (Å²) in [4.78, 5) is 2.86. The summed E-state index contributed by atoms with van der Waals surface area (Å²) in [5.41, 5.74) is 3.21. The maximum absolute atomic E-state index is 2.86. The molecule has 3 aliphatic rings. The molecular weight excluding hydrogens is 230 g/mol. The van der Waals surface area contributed by atoms with Gasteiger partial charge in [0, 0.05) is 18.1 Å². The molecule has 2 atom stereocenters. The zero-order valence-electron chi connectivity index (χ0n) is 11.6. The molecule has 1 fully saturated rings. The second-order valence-corrected chi connectivity index (χ2v) is 6.36. The quantitative estimate of drug-likeness (QED) is 0.728. The van der Waals surface area contributed by atoms with Crippen molar-refractivity contribution in [2.75, 3.05) is 0 Å². The van der Waals surface area contributed by atoms with Crippen molar-refractivity contribution in [1.29, 1.82) is 0 Å². The third-order valence-corrected chi connectivity index (χ3v) is 5.04. The van der Waals surface area contributed by atoms with E-state index in [2.05, 4.69) is 41.3 Å². The zero-order valence-corrected chi connectivity index (χ0v) is 11.6. The predicted octanol–water partition coefficient (Wildman–Crippen LogP) is 4.25. The van der Waals surface area contributed by atoms with Crippen molar-refractivity contribution >= 4 is 0 Å². The van der Waals surface area contributed by atoms with Crippen LogP contribution in [0.5, 0.6) is 0 Å². The van der Waals surface area contributed by atoms with Crippen LogP contribution in [0.25, 0.3) is 0 Å². The molecule has 0 aromatic heterocycles. The van der Waals surface area contributed by atoms with E-state index in [0.29, 0.717) is 12.1 Å². The van der Waals surface area contributed by atoms with E-state index in [0.717, 1.165) is 6.04 Å². The van der Waals surface area contributed by atoms with Gasteiger partial charge in [0.15, 0.2) is 0 Å². The van der Waals surface area contributed by atoms with Gasteiger partial charge in [-0.1, -0.05) is 36.4 Å². The second kappa shape index (κ2) is 4.79. The zero-order chi connectivity index (χ0) is 12.7. The molecule has 2 unspecified atom stereocenters. The molecule has 100 valence electrons. The number of rotatable bonds is 3. The predicted molar refractivity (Wildman–Crippen MR) is 79.1 cm³/mol.